The number of nitro groups is 1. The molecule has 3 aliphatic heterocycles. The van der Waals surface area contributed by atoms with E-state index in [1.54, 1.807) is 12.1 Å². The first-order valence-corrected chi connectivity index (χ1v) is 10.1. The predicted octanol–water partition coefficient (Wildman–Crippen LogP) is 2.75. The molecule has 2 saturated heterocycles. The minimum atomic E-state index is -1.29. The van der Waals surface area contributed by atoms with Gasteiger partial charge in [0, 0.05) is 28.8 Å². The summed E-state index contributed by atoms with van der Waals surface area (Å²) in [6, 6.07) is 13.5. The fourth-order valence-corrected chi connectivity index (χ4v) is 5.69. The highest BCUT2D eigenvalue weighted by atomic mass is 16.6. The van der Waals surface area contributed by atoms with Crippen molar-refractivity contribution >= 4 is 11.6 Å². The van der Waals surface area contributed by atoms with Crippen molar-refractivity contribution in [2.75, 3.05) is 18.5 Å². The van der Waals surface area contributed by atoms with Crippen molar-refractivity contribution in [2.45, 2.75) is 36.4 Å². The molecule has 0 radical (unpaired) electrons. The van der Waals surface area contributed by atoms with Crippen LogP contribution >= 0.6 is 0 Å². The molecule has 7 heteroatoms. The lowest BCUT2D eigenvalue weighted by Gasteiger charge is -2.32. The summed E-state index contributed by atoms with van der Waals surface area (Å²) in [7, 11) is 0. The zero-order valence-electron chi connectivity index (χ0n) is 16.3. The molecule has 0 aliphatic carbocycles. The highest BCUT2D eigenvalue weighted by Gasteiger charge is 2.73. The Labute approximate surface area is 174 Å². The topological polar surface area (TPSA) is 84.7 Å². The van der Waals surface area contributed by atoms with Crippen LogP contribution in [0, 0.1) is 22.5 Å². The van der Waals surface area contributed by atoms with Gasteiger partial charge in [0.15, 0.2) is 5.54 Å². The van der Waals surface area contributed by atoms with Crippen LogP contribution in [0.5, 0.6) is 5.75 Å². The molecule has 4 atom stereocenters. The lowest BCUT2D eigenvalue weighted by Crippen LogP contribution is -2.55. The van der Waals surface area contributed by atoms with E-state index in [0.717, 1.165) is 18.4 Å². The largest absolute Gasteiger partial charge is 0.481 e. The number of para-hydroxylation sites is 1. The summed E-state index contributed by atoms with van der Waals surface area (Å²) in [5, 5.41) is 15.4. The SMILES string of the molecule is C#CCOc1ccc([C@@H]2[C@@H]3CCCN3[C@]3(C(=O)Nc4ccccc43)[C@@H]2[N+](=O)[O-])cc1. The third kappa shape index (κ3) is 2.40. The van der Waals surface area contributed by atoms with Crippen molar-refractivity contribution < 1.29 is 14.5 Å². The molecule has 0 unspecified atom stereocenters. The van der Waals surface area contributed by atoms with E-state index in [0.29, 0.717) is 23.5 Å². The number of anilines is 1. The molecule has 0 aromatic heterocycles. The fraction of sp³-hybridized carbons (Fsp3) is 0.348. The molecule has 1 N–H and O–H groups in total. The number of hydrogen-bond donors (Lipinski definition) is 1. The number of rotatable bonds is 4. The third-order valence-corrected chi connectivity index (χ3v) is 6.68. The van der Waals surface area contributed by atoms with Crippen molar-refractivity contribution in [3.63, 3.8) is 0 Å². The lowest BCUT2D eigenvalue weighted by atomic mass is 9.77. The maximum Gasteiger partial charge on any atom is 0.256 e. The number of hydrogen-bond acceptors (Lipinski definition) is 5. The van der Waals surface area contributed by atoms with Gasteiger partial charge < -0.3 is 10.1 Å². The number of benzene rings is 2. The van der Waals surface area contributed by atoms with E-state index in [4.69, 9.17) is 11.2 Å². The van der Waals surface area contributed by atoms with Crippen LogP contribution in [0.4, 0.5) is 5.69 Å². The van der Waals surface area contributed by atoms with Gasteiger partial charge in [0.05, 0.1) is 5.92 Å². The summed E-state index contributed by atoms with van der Waals surface area (Å²) in [4.78, 5) is 27.7. The van der Waals surface area contributed by atoms with E-state index in [2.05, 4.69) is 16.1 Å². The normalized spacial score (nSPS) is 29.3. The van der Waals surface area contributed by atoms with Crippen LogP contribution in [0.25, 0.3) is 0 Å². The number of amides is 1. The molecular weight excluding hydrogens is 382 g/mol. The number of ether oxygens (including phenoxy) is 1. The first-order chi connectivity index (χ1) is 14.6. The predicted molar refractivity (Wildman–Crippen MR) is 111 cm³/mol. The van der Waals surface area contributed by atoms with Crippen LogP contribution in [0.15, 0.2) is 48.5 Å². The quantitative estimate of drug-likeness (QED) is 0.482. The van der Waals surface area contributed by atoms with E-state index < -0.39 is 17.5 Å². The summed E-state index contributed by atoms with van der Waals surface area (Å²) in [6.45, 7) is 0.827. The highest BCUT2D eigenvalue weighted by Crippen LogP contribution is 2.57. The van der Waals surface area contributed by atoms with E-state index in [-0.39, 0.29) is 23.5 Å². The average molecular weight is 403 g/mol. The number of fused-ring (bicyclic) bond motifs is 4. The summed E-state index contributed by atoms with van der Waals surface area (Å²) in [5.74, 6) is 2.34. The van der Waals surface area contributed by atoms with E-state index >= 15 is 0 Å². The smallest absolute Gasteiger partial charge is 0.256 e. The Balaban J connectivity index is 1.64. The molecule has 5 rings (SSSR count). The monoisotopic (exact) mass is 403 g/mol. The van der Waals surface area contributed by atoms with Gasteiger partial charge in [-0.05, 0) is 36.6 Å². The maximum atomic E-state index is 13.4. The number of carbonyl (C=O) groups excluding carboxylic acids is 1. The Kier molecular flexibility index (Phi) is 4.26. The summed E-state index contributed by atoms with van der Waals surface area (Å²) in [6.07, 6.45) is 6.97. The maximum absolute atomic E-state index is 13.4. The molecule has 2 aromatic rings. The van der Waals surface area contributed by atoms with Crippen LogP contribution in [0.3, 0.4) is 0 Å². The van der Waals surface area contributed by atoms with Crippen molar-refractivity contribution in [2.24, 2.45) is 0 Å². The molecule has 7 nitrogen and oxygen atoms in total. The number of nitrogens with one attached hydrogen (secondary N) is 1. The van der Waals surface area contributed by atoms with Crippen molar-refractivity contribution in [3.8, 4) is 18.1 Å². The highest BCUT2D eigenvalue weighted by molar-refractivity contribution is 6.07. The molecule has 0 bridgehead atoms. The average Bonchev–Trinajstić information content (AvgIpc) is 3.40. The molecular formula is C23H21N3O4. The number of carbonyl (C=O) groups is 1. The standard InChI is InChI=1S/C23H21N3O4/c1-2-14-30-16-11-9-15(10-12-16)20-19-8-5-13-25(19)23(21(20)26(28)29)17-6-3-4-7-18(17)24-22(23)27/h1,3-4,6-7,9-12,19-21H,5,8,13-14H2,(H,24,27)/t19-,20+,21+,23-/m0/s1. The Hall–Kier alpha value is -3.37. The van der Waals surface area contributed by atoms with E-state index in [1.807, 2.05) is 36.4 Å². The summed E-state index contributed by atoms with van der Waals surface area (Å²) < 4.78 is 5.45. The van der Waals surface area contributed by atoms with Crippen molar-refractivity contribution in [1.29, 1.82) is 0 Å². The molecule has 3 aliphatic rings. The van der Waals surface area contributed by atoms with Gasteiger partial charge in [-0.1, -0.05) is 36.3 Å². The molecule has 1 amide bonds. The molecule has 30 heavy (non-hydrogen) atoms. The van der Waals surface area contributed by atoms with Crippen LogP contribution in [0.1, 0.15) is 29.9 Å². The second-order valence-corrected chi connectivity index (χ2v) is 7.99. The second kappa shape index (κ2) is 6.85. The van der Waals surface area contributed by atoms with Gasteiger partial charge >= 0.3 is 0 Å². The van der Waals surface area contributed by atoms with Crippen molar-refractivity contribution in [1.82, 2.24) is 4.90 Å². The molecule has 152 valence electrons. The number of terminal acetylenes is 1. The molecule has 3 heterocycles. The first-order valence-electron chi connectivity index (χ1n) is 10.1. The minimum absolute atomic E-state index is 0.0743. The molecule has 1 spiro atoms. The van der Waals surface area contributed by atoms with Gasteiger partial charge in [0.2, 0.25) is 0 Å². The van der Waals surface area contributed by atoms with E-state index in [9.17, 15) is 14.9 Å². The van der Waals surface area contributed by atoms with Gasteiger partial charge in [0.25, 0.3) is 11.9 Å². The Morgan fingerprint density at radius 2 is 2.03 bits per heavy atom. The number of nitrogens with zero attached hydrogens (tertiary/aromatic N) is 2. The van der Waals surface area contributed by atoms with Crippen LogP contribution < -0.4 is 10.1 Å². The lowest BCUT2D eigenvalue weighted by molar-refractivity contribution is -0.534. The summed E-state index contributed by atoms with van der Waals surface area (Å²) in [5.41, 5.74) is 0.930. The van der Waals surface area contributed by atoms with Crippen LogP contribution in [0.2, 0.25) is 0 Å². The van der Waals surface area contributed by atoms with Gasteiger partial charge in [-0.2, -0.15) is 0 Å². The van der Waals surface area contributed by atoms with E-state index in [1.165, 1.54) is 0 Å². The van der Waals surface area contributed by atoms with Gasteiger partial charge in [-0.25, -0.2) is 0 Å². The molecule has 2 aromatic carbocycles. The fourth-order valence-electron chi connectivity index (χ4n) is 5.69. The van der Waals surface area contributed by atoms with Gasteiger partial charge in [0.1, 0.15) is 12.4 Å². The Bertz CT molecular complexity index is 1060. The van der Waals surface area contributed by atoms with Gasteiger partial charge in [-0.3, -0.25) is 19.8 Å². The van der Waals surface area contributed by atoms with Crippen molar-refractivity contribution in [3.05, 3.63) is 69.8 Å². The summed E-state index contributed by atoms with van der Waals surface area (Å²) >= 11 is 0. The Morgan fingerprint density at radius 3 is 2.77 bits per heavy atom. The molecule has 0 saturated carbocycles. The second-order valence-electron chi connectivity index (χ2n) is 7.99. The zero-order chi connectivity index (χ0) is 20.9. The third-order valence-electron chi connectivity index (χ3n) is 6.68. The van der Waals surface area contributed by atoms with Crippen LogP contribution in [-0.4, -0.2) is 41.0 Å². The molecule has 2 fully saturated rings. The Morgan fingerprint density at radius 1 is 1.27 bits per heavy atom. The van der Waals surface area contributed by atoms with Gasteiger partial charge in [-0.15, -0.1) is 6.42 Å². The first kappa shape index (κ1) is 18.6. The van der Waals surface area contributed by atoms with Crippen LogP contribution in [-0.2, 0) is 10.3 Å². The zero-order valence-corrected chi connectivity index (χ0v) is 16.3. The minimum Gasteiger partial charge on any atom is -0.481 e.